The minimum atomic E-state index is -0.501. The van der Waals surface area contributed by atoms with Crippen molar-refractivity contribution < 1.29 is 4.79 Å². The van der Waals surface area contributed by atoms with E-state index in [0.29, 0.717) is 28.2 Å². The van der Waals surface area contributed by atoms with Crippen LogP contribution < -0.4 is 16.6 Å². The summed E-state index contributed by atoms with van der Waals surface area (Å²) in [6, 6.07) is 16.9. The van der Waals surface area contributed by atoms with Gasteiger partial charge in [-0.2, -0.15) is 4.98 Å². The number of Topliss-reactive ketones (excluding diaryl/α,β-unsaturated/α-hetero) is 1. The van der Waals surface area contributed by atoms with E-state index >= 15 is 0 Å². The molecule has 0 bridgehead atoms. The zero-order chi connectivity index (χ0) is 17.8. The number of carbonyl (C=O) groups excluding carboxylic acids is 1. The van der Waals surface area contributed by atoms with Crippen LogP contribution in [0.2, 0.25) is 0 Å². The van der Waals surface area contributed by atoms with Crippen LogP contribution in [0, 0.1) is 0 Å². The second-order valence-corrected chi connectivity index (χ2v) is 6.35. The zero-order valence-corrected chi connectivity index (χ0v) is 13.6. The molecule has 0 fully saturated rings. The molecule has 6 heteroatoms. The highest BCUT2D eigenvalue weighted by atomic mass is 16.1. The van der Waals surface area contributed by atoms with Gasteiger partial charge >= 0.3 is 0 Å². The molecule has 3 aromatic rings. The van der Waals surface area contributed by atoms with Crippen LogP contribution in [0.1, 0.15) is 33.0 Å². The van der Waals surface area contributed by atoms with Crippen molar-refractivity contribution in [3.05, 3.63) is 92.8 Å². The summed E-state index contributed by atoms with van der Waals surface area (Å²) < 4.78 is 0. The number of aromatic amines is 1. The molecule has 2 heterocycles. The number of aromatic nitrogens is 2. The number of carbonyl (C=O) groups is 1. The van der Waals surface area contributed by atoms with Gasteiger partial charge in [0.1, 0.15) is 5.82 Å². The van der Waals surface area contributed by atoms with Gasteiger partial charge in [-0.3, -0.25) is 14.6 Å². The first-order chi connectivity index (χ1) is 12.6. The highest BCUT2D eigenvalue weighted by Gasteiger charge is 2.41. The second-order valence-electron chi connectivity index (χ2n) is 6.35. The van der Waals surface area contributed by atoms with E-state index in [9.17, 15) is 9.59 Å². The van der Waals surface area contributed by atoms with Crippen molar-refractivity contribution in [2.75, 3.05) is 11.1 Å². The summed E-state index contributed by atoms with van der Waals surface area (Å²) in [7, 11) is 0. The Hall–Kier alpha value is -3.67. The Bertz CT molecular complexity index is 1160. The van der Waals surface area contributed by atoms with Crippen LogP contribution in [0.5, 0.6) is 0 Å². The smallest absolute Gasteiger partial charge is 0.258 e. The van der Waals surface area contributed by atoms with Crippen molar-refractivity contribution in [1.29, 1.82) is 0 Å². The zero-order valence-electron chi connectivity index (χ0n) is 13.6. The van der Waals surface area contributed by atoms with Crippen LogP contribution in [0.25, 0.3) is 5.70 Å². The highest BCUT2D eigenvalue weighted by molar-refractivity contribution is 6.23. The van der Waals surface area contributed by atoms with E-state index in [2.05, 4.69) is 15.3 Å². The molecule has 26 heavy (non-hydrogen) atoms. The lowest BCUT2D eigenvalue weighted by Gasteiger charge is -2.27. The number of nitrogen functional groups attached to an aromatic ring is 1. The van der Waals surface area contributed by atoms with Crippen LogP contribution in [0.15, 0.2) is 65.0 Å². The summed E-state index contributed by atoms with van der Waals surface area (Å²) in [6.07, 6.45) is 0. The second kappa shape index (κ2) is 5.16. The predicted octanol–water partition coefficient (Wildman–Crippen LogP) is 2.52. The van der Waals surface area contributed by atoms with E-state index < -0.39 is 5.92 Å². The molecule has 0 spiro atoms. The van der Waals surface area contributed by atoms with Gasteiger partial charge in [0.05, 0.1) is 11.3 Å². The van der Waals surface area contributed by atoms with Gasteiger partial charge in [0.25, 0.3) is 5.56 Å². The number of allylic oxidation sites excluding steroid dienone is 1. The lowest BCUT2D eigenvalue weighted by molar-refractivity contribution is 0.103. The summed E-state index contributed by atoms with van der Waals surface area (Å²) in [4.78, 5) is 32.7. The number of benzene rings is 2. The molecule has 0 radical (unpaired) electrons. The molecule has 0 saturated carbocycles. The Morgan fingerprint density at radius 3 is 2.38 bits per heavy atom. The third kappa shape index (κ3) is 1.89. The fraction of sp³-hybridized carbons (Fsp3) is 0.0500. The fourth-order valence-electron chi connectivity index (χ4n) is 3.82. The number of hydrogen-bond donors (Lipinski definition) is 3. The molecule has 0 unspecified atom stereocenters. The highest BCUT2D eigenvalue weighted by Crippen LogP contribution is 2.47. The van der Waals surface area contributed by atoms with Gasteiger partial charge in [-0.25, -0.2) is 0 Å². The summed E-state index contributed by atoms with van der Waals surface area (Å²) in [5, 5.41) is 3.17. The molecule has 2 aliphatic rings. The largest absolute Gasteiger partial charge is 0.369 e. The molecule has 1 atom stereocenters. The number of nitrogens with two attached hydrogens (primary N) is 1. The Morgan fingerprint density at radius 1 is 0.923 bits per heavy atom. The van der Waals surface area contributed by atoms with Crippen molar-refractivity contribution in [1.82, 2.24) is 9.97 Å². The molecule has 6 nitrogen and oxygen atoms in total. The molecule has 2 aromatic carbocycles. The number of H-pyrrole nitrogens is 1. The van der Waals surface area contributed by atoms with Crippen LogP contribution in [0.3, 0.4) is 0 Å². The maximum atomic E-state index is 13.1. The van der Waals surface area contributed by atoms with E-state index in [1.807, 2.05) is 48.5 Å². The standard InChI is InChI=1S/C20H14N4O2/c21-20-23-18-15(19(26)24-20)13(10-6-2-1-3-7-10)14-16(22-18)11-8-4-5-9-12(11)17(14)25/h1-9,13H,(H4,21,22,23,24,26)/t13-/m0/s1. The molecule has 1 aliphatic carbocycles. The van der Waals surface area contributed by atoms with E-state index in [0.717, 1.165) is 11.1 Å². The molecule has 0 saturated heterocycles. The van der Waals surface area contributed by atoms with Crippen LogP contribution in [0.4, 0.5) is 11.8 Å². The molecular weight excluding hydrogens is 328 g/mol. The predicted molar refractivity (Wildman–Crippen MR) is 98.9 cm³/mol. The van der Waals surface area contributed by atoms with E-state index in [1.54, 1.807) is 6.07 Å². The summed E-state index contributed by atoms with van der Waals surface area (Å²) in [5.41, 5.74) is 9.38. The lowest BCUT2D eigenvalue weighted by atomic mass is 9.82. The topological polar surface area (TPSA) is 101 Å². The number of anilines is 2. The van der Waals surface area contributed by atoms with Crippen molar-refractivity contribution >= 4 is 23.2 Å². The van der Waals surface area contributed by atoms with Gasteiger partial charge in [0, 0.05) is 22.6 Å². The number of nitrogens with zero attached hydrogens (tertiary/aromatic N) is 1. The van der Waals surface area contributed by atoms with Gasteiger partial charge in [-0.1, -0.05) is 54.6 Å². The van der Waals surface area contributed by atoms with Crippen molar-refractivity contribution in [3.8, 4) is 0 Å². The Kier molecular flexibility index (Phi) is 2.91. The van der Waals surface area contributed by atoms with Gasteiger partial charge in [0.2, 0.25) is 5.95 Å². The first kappa shape index (κ1) is 14.7. The van der Waals surface area contributed by atoms with Crippen molar-refractivity contribution in [2.45, 2.75) is 5.92 Å². The molecule has 0 amide bonds. The average molecular weight is 342 g/mol. The van der Waals surface area contributed by atoms with E-state index in [4.69, 9.17) is 5.73 Å². The number of fused-ring (bicyclic) bond motifs is 3. The Morgan fingerprint density at radius 2 is 1.62 bits per heavy atom. The Balaban J connectivity index is 1.84. The third-order valence-corrected chi connectivity index (χ3v) is 4.88. The first-order valence-electron chi connectivity index (χ1n) is 8.25. The maximum absolute atomic E-state index is 13.1. The van der Waals surface area contributed by atoms with Gasteiger partial charge in [-0.15, -0.1) is 0 Å². The monoisotopic (exact) mass is 342 g/mol. The molecule has 4 N–H and O–H groups in total. The third-order valence-electron chi connectivity index (χ3n) is 4.88. The van der Waals surface area contributed by atoms with E-state index in [1.165, 1.54) is 0 Å². The summed E-state index contributed by atoms with van der Waals surface area (Å²) in [6.45, 7) is 0. The van der Waals surface area contributed by atoms with Gasteiger partial charge in [0.15, 0.2) is 5.78 Å². The first-order valence-corrected chi connectivity index (χ1v) is 8.25. The maximum Gasteiger partial charge on any atom is 0.258 e. The van der Waals surface area contributed by atoms with Crippen molar-refractivity contribution in [3.63, 3.8) is 0 Å². The van der Waals surface area contributed by atoms with Gasteiger partial charge in [-0.05, 0) is 5.56 Å². The minimum absolute atomic E-state index is 0.0368. The molecule has 1 aliphatic heterocycles. The molecular formula is C20H14N4O2. The summed E-state index contributed by atoms with van der Waals surface area (Å²) in [5.74, 6) is -0.142. The van der Waals surface area contributed by atoms with Crippen LogP contribution >= 0.6 is 0 Å². The Labute approximate surface area is 148 Å². The molecule has 126 valence electrons. The number of hydrogen-bond acceptors (Lipinski definition) is 5. The minimum Gasteiger partial charge on any atom is -0.369 e. The lowest BCUT2D eigenvalue weighted by Crippen LogP contribution is -2.28. The average Bonchev–Trinajstić information content (AvgIpc) is 2.93. The molecule has 1 aromatic heterocycles. The summed E-state index contributed by atoms with van der Waals surface area (Å²) >= 11 is 0. The van der Waals surface area contributed by atoms with Gasteiger partial charge < -0.3 is 11.1 Å². The number of rotatable bonds is 1. The number of ketones is 1. The SMILES string of the molecule is Nc1nc2c(c(=O)[nH]1)[C@@H](c1ccccc1)C1=C(N2)c2ccccc2C1=O. The normalized spacial score (nSPS) is 17.4. The van der Waals surface area contributed by atoms with Crippen molar-refractivity contribution in [2.24, 2.45) is 0 Å². The van der Waals surface area contributed by atoms with Crippen LogP contribution in [-0.2, 0) is 0 Å². The number of nitrogens with one attached hydrogen (secondary N) is 2. The molecule has 5 rings (SSSR count). The quantitative estimate of drug-likeness (QED) is 0.631. The van der Waals surface area contributed by atoms with Crippen LogP contribution in [-0.4, -0.2) is 15.8 Å². The fourth-order valence-corrected chi connectivity index (χ4v) is 3.82. The van der Waals surface area contributed by atoms with E-state index in [-0.39, 0.29) is 17.3 Å².